The van der Waals surface area contributed by atoms with Crippen LogP contribution in [0.5, 0.6) is 0 Å². The van der Waals surface area contributed by atoms with Gasteiger partial charge < -0.3 is 19.0 Å². The molecule has 7 nitrogen and oxygen atoms in total. The lowest BCUT2D eigenvalue weighted by atomic mass is 10.1. The quantitative estimate of drug-likeness (QED) is 0.607. The number of piperazine rings is 1. The van der Waals surface area contributed by atoms with E-state index >= 15 is 0 Å². The molecule has 2 amide bonds. The van der Waals surface area contributed by atoms with Crippen molar-refractivity contribution in [3.05, 3.63) is 43.1 Å². The second kappa shape index (κ2) is 7.79. The Hall–Kier alpha value is -1.87. The van der Waals surface area contributed by atoms with E-state index in [1.54, 1.807) is 28.9 Å². The third kappa shape index (κ3) is 3.78. The first-order valence-corrected chi connectivity index (χ1v) is 9.63. The molecule has 9 heteroatoms. The molecule has 1 fully saturated rings. The second-order valence-corrected chi connectivity index (χ2v) is 7.50. The summed E-state index contributed by atoms with van der Waals surface area (Å²) < 4.78 is 11.7. The summed E-state index contributed by atoms with van der Waals surface area (Å²) in [7, 11) is 0. The highest BCUT2D eigenvalue weighted by molar-refractivity contribution is 9.11. The molecule has 0 unspecified atom stereocenters. The maximum absolute atomic E-state index is 12.7. The summed E-state index contributed by atoms with van der Waals surface area (Å²) in [5.74, 6) is -0.403. The van der Waals surface area contributed by atoms with Crippen molar-refractivity contribution in [2.45, 2.75) is 6.92 Å². The van der Waals surface area contributed by atoms with Crippen LogP contribution in [0.2, 0.25) is 0 Å². The van der Waals surface area contributed by atoms with Crippen LogP contribution in [-0.2, 0) is 4.74 Å². The summed E-state index contributed by atoms with van der Waals surface area (Å²) in [6.07, 6.45) is -0.389. The zero-order valence-corrected chi connectivity index (χ0v) is 17.1. The molecule has 3 rings (SSSR count). The lowest BCUT2D eigenvalue weighted by Crippen LogP contribution is -2.51. The van der Waals surface area contributed by atoms with Crippen LogP contribution < -0.4 is 5.63 Å². The van der Waals surface area contributed by atoms with E-state index in [0.717, 1.165) is 4.47 Å². The highest BCUT2D eigenvalue weighted by Crippen LogP contribution is 2.28. The Morgan fingerprint density at radius 2 is 1.77 bits per heavy atom. The van der Waals surface area contributed by atoms with Crippen LogP contribution in [0.1, 0.15) is 17.3 Å². The van der Waals surface area contributed by atoms with E-state index < -0.39 is 11.5 Å². The van der Waals surface area contributed by atoms with Crippen LogP contribution >= 0.6 is 31.9 Å². The third-order valence-electron chi connectivity index (χ3n) is 4.07. The molecule has 0 spiro atoms. The number of hydrogen-bond donors (Lipinski definition) is 0. The predicted octanol–water partition coefficient (Wildman–Crippen LogP) is 3.23. The molecule has 0 radical (unpaired) electrons. The second-order valence-electron chi connectivity index (χ2n) is 5.73. The molecule has 1 aliphatic rings. The van der Waals surface area contributed by atoms with Crippen molar-refractivity contribution in [1.82, 2.24) is 9.80 Å². The van der Waals surface area contributed by atoms with Crippen LogP contribution in [0.25, 0.3) is 11.0 Å². The lowest BCUT2D eigenvalue weighted by Gasteiger charge is -2.33. The van der Waals surface area contributed by atoms with Gasteiger partial charge in [0.1, 0.15) is 5.56 Å². The van der Waals surface area contributed by atoms with Crippen molar-refractivity contribution in [3.8, 4) is 0 Å². The topological polar surface area (TPSA) is 80.1 Å². The van der Waals surface area contributed by atoms with E-state index in [4.69, 9.17) is 9.15 Å². The average Bonchev–Trinajstić information content (AvgIpc) is 2.61. The molecule has 2 heterocycles. The van der Waals surface area contributed by atoms with Gasteiger partial charge in [-0.1, -0.05) is 15.9 Å². The molecule has 138 valence electrons. The molecular weight excluding hydrogens is 472 g/mol. The lowest BCUT2D eigenvalue weighted by molar-refractivity contribution is 0.0567. The van der Waals surface area contributed by atoms with Gasteiger partial charge in [0.15, 0.2) is 5.58 Å². The molecule has 0 N–H and O–H groups in total. The number of ether oxygens (including phenoxy) is 1. The number of halogens is 2. The third-order valence-corrected chi connectivity index (χ3v) is 5.12. The minimum absolute atomic E-state index is 0.0212. The van der Waals surface area contributed by atoms with Crippen LogP contribution in [0.4, 0.5) is 4.79 Å². The van der Waals surface area contributed by atoms with Gasteiger partial charge in [-0.05, 0) is 41.1 Å². The molecule has 1 aromatic carbocycles. The first-order valence-electron chi connectivity index (χ1n) is 8.04. The zero-order chi connectivity index (χ0) is 18.8. The number of benzene rings is 1. The molecule has 0 saturated carbocycles. The smallest absolute Gasteiger partial charge is 0.409 e. The highest BCUT2D eigenvalue weighted by atomic mass is 79.9. The van der Waals surface area contributed by atoms with E-state index in [9.17, 15) is 14.4 Å². The number of nitrogens with zero attached hydrogens (tertiary/aromatic N) is 2. The minimum atomic E-state index is -0.682. The van der Waals surface area contributed by atoms with Crippen LogP contribution in [0.15, 0.2) is 36.4 Å². The molecule has 26 heavy (non-hydrogen) atoms. The van der Waals surface area contributed by atoms with Crippen molar-refractivity contribution in [2.75, 3.05) is 32.8 Å². The van der Waals surface area contributed by atoms with E-state index in [1.165, 1.54) is 6.07 Å². The Labute approximate surface area is 166 Å². The maximum atomic E-state index is 12.7. The Morgan fingerprint density at radius 3 is 2.42 bits per heavy atom. The van der Waals surface area contributed by atoms with Crippen LogP contribution in [-0.4, -0.2) is 54.6 Å². The van der Waals surface area contributed by atoms with Gasteiger partial charge in [-0.15, -0.1) is 0 Å². The van der Waals surface area contributed by atoms with Gasteiger partial charge in [0.25, 0.3) is 5.91 Å². The van der Waals surface area contributed by atoms with Crippen LogP contribution in [0.3, 0.4) is 0 Å². The van der Waals surface area contributed by atoms with Crippen molar-refractivity contribution in [3.63, 3.8) is 0 Å². The zero-order valence-electron chi connectivity index (χ0n) is 14.0. The van der Waals surface area contributed by atoms with E-state index in [-0.39, 0.29) is 11.7 Å². The molecule has 1 aromatic heterocycles. The Balaban J connectivity index is 1.81. The number of carbonyl (C=O) groups is 2. The van der Waals surface area contributed by atoms with Gasteiger partial charge in [-0.3, -0.25) is 4.79 Å². The summed E-state index contributed by atoms with van der Waals surface area (Å²) in [6, 6.07) is 5.08. The van der Waals surface area contributed by atoms with E-state index in [0.29, 0.717) is 48.2 Å². The van der Waals surface area contributed by atoms with E-state index in [1.807, 2.05) is 0 Å². The predicted molar refractivity (Wildman–Crippen MR) is 102 cm³/mol. The van der Waals surface area contributed by atoms with Crippen molar-refractivity contribution in [2.24, 2.45) is 0 Å². The molecular formula is C17H16Br2N2O5. The maximum Gasteiger partial charge on any atom is 0.409 e. The first-order chi connectivity index (χ1) is 12.4. The first kappa shape index (κ1) is 18.9. The minimum Gasteiger partial charge on any atom is -0.450 e. The number of hydrogen-bond acceptors (Lipinski definition) is 5. The molecule has 1 saturated heterocycles. The number of rotatable bonds is 2. The summed E-state index contributed by atoms with van der Waals surface area (Å²) in [6.45, 7) is 3.43. The standard InChI is InChI=1S/C17H16Br2N2O5/c1-2-25-17(24)21-5-3-20(4-6-21)15(22)12-8-10-7-11(18)9-13(19)14(10)26-16(12)23/h7-9H,2-6H2,1H3. The molecule has 2 aromatic rings. The van der Waals surface area contributed by atoms with Gasteiger partial charge in [0.2, 0.25) is 0 Å². The molecule has 1 aliphatic heterocycles. The van der Waals surface area contributed by atoms with Gasteiger partial charge >= 0.3 is 11.7 Å². The van der Waals surface area contributed by atoms with Gasteiger partial charge in [-0.2, -0.15) is 0 Å². The summed E-state index contributed by atoms with van der Waals surface area (Å²) >= 11 is 6.72. The molecule has 0 aliphatic carbocycles. The summed E-state index contributed by atoms with van der Waals surface area (Å²) in [5.41, 5.74) is -0.313. The highest BCUT2D eigenvalue weighted by Gasteiger charge is 2.27. The van der Waals surface area contributed by atoms with Gasteiger partial charge in [0, 0.05) is 36.0 Å². The number of carbonyl (C=O) groups excluding carboxylic acids is 2. The molecule has 0 bridgehead atoms. The normalized spacial score (nSPS) is 14.6. The van der Waals surface area contributed by atoms with Crippen LogP contribution in [0, 0.1) is 0 Å². The van der Waals surface area contributed by atoms with E-state index in [2.05, 4.69) is 31.9 Å². The number of fused-ring (bicyclic) bond motifs is 1. The van der Waals surface area contributed by atoms with Crippen molar-refractivity contribution in [1.29, 1.82) is 0 Å². The van der Waals surface area contributed by atoms with Crippen molar-refractivity contribution >= 4 is 54.8 Å². The molecule has 0 atom stereocenters. The van der Waals surface area contributed by atoms with Gasteiger partial charge in [-0.25, -0.2) is 9.59 Å². The fourth-order valence-corrected chi connectivity index (χ4v) is 4.12. The fourth-order valence-electron chi connectivity index (χ4n) is 2.78. The Morgan fingerprint density at radius 1 is 1.12 bits per heavy atom. The summed E-state index contributed by atoms with van der Waals surface area (Å²) in [5, 5.41) is 0.638. The SMILES string of the molecule is CCOC(=O)N1CCN(C(=O)c2cc3cc(Br)cc(Br)c3oc2=O)CC1. The monoisotopic (exact) mass is 486 g/mol. The fraction of sp³-hybridized carbons (Fsp3) is 0.353. The Bertz CT molecular complexity index is 919. The Kier molecular flexibility index (Phi) is 5.67. The van der Waals surface area contributed by atoms with Crippen molar-refractivity contribution < 1.29 is 18.7 Å². The summed E-state index contributed by atoms with van der Waals surface area (Å²) in [4.78, 5) is 39.8. The van der Waals surface area contributed by atoms with Gasteiger partial charge in [0.05, 0.1) is 11.1 Å². The average molecular weight is 488 g/mol. The largest absolute Gasteiger partial charge is 0.450 e. The number of amides is 2.